The maximum atomic E-state index is 12.9. The maximum Gasteiger partial charge on any atom is 0.286 e. The van der Waals surface area contributed by atoms with E-state index in [1.54, 1.807) is 25.3 Å². The molecule has 5 aromatic rings. The number of hydrogen-bond acceptors (Lipinski definition) is 5. The second kappa shape index (κ2) is 5.15. The molecule has 2 amide bonds. The van der Waals surface area contributed by atoms with Crippen LogP contribution < -0.4 is 4.74 Å². The van der Waals surface area contributed by atoms with Gasteiger partial charge < -0.3 is 13.7 Å². The van der Waals surface area contributed by atoms with E-state index in [9.17, 15) is 14.8 Å². The summed E-state index contributed by atoms with van der Waals surface area (Å²) in [6.45, 7) is 0. The van der Waals surface area contributed by atoms with Gasteiger partial charge in [-0.2, -0.15) is 0 Å². The minimum atomic E-state index is -0.747. The predicted molar refractivity (Wildman–Crippen MR) is 107 cm³/mol. The molecule has 2 aromatic heterocycles. The van der Waals surface area contributed by atoms with Gasteiger partial charge in [0, 0.05) is 40.2 Å². The van der Waals surface area contributed by atoms with Gasteiger partial charge in [-0.3, -0.25) is 14.8 Å². The Morgan fingerprint density at radius 2 is 1.69 bits per heavy atom. The zero-order chi connectivity index (χ0) is 20.0. The SMILES string of the molecule is COc1ccc2c(c1)oc1c2c2c(c3c4ccccc4n(C)c13)C(=O)N(O)C2=O. The fourth-order valence-electron chi connectivity index (χ4n) is 4.51. The highest BCUT2D eigenvalue weighted by molar-refractivity contribution is 6.38. The maximum absolute atomic E-state index is 12.9. The normalized spacial score (nSPS) is 14.1. The number of hydrogen-bond donors (Lipinski definition) is 1. The molecule has 1 aliphatic rings. The zero-order valence-electron chi connectivity index (χ0n) is 15.5. The minimum absolute atomic E-state index is 0.167. The van der Waals surface area contributed by atoms with Crippen molar-refractivity contribution >= 4 is 55.6 Å². The van der Waals surface area contributed by atoms with Crippen molar-refractivity contribution in [3.05, 3.63) is 53.6 Å². The Morgan fingerprint density at radius 3 is 2.45 bits per heavy atom. The number of furan rings is 1. The summed E-state index contributed by atoms with van der Waals surface area (Å²) in [5.74, 6) is -0.854. The number of rotatable bonds is 1. The van der Waals surface area contributed by atoms with Crippen molar-refractivity contribution in [3.8, 4) is 5.75 Å². The standard InChI is InChI=1S/C22H14N2O5/c1-23-13-6-4-3-5-11(13)15-17-18(22(26)24(27)21(17)25)16-12-8-7-10(28-2)9-14(12)29-20(16)19(15)23/h3-9,27H,1-2H3. The molecule has 0 bridgehead atoms. The summed E-state index contributed by atoms with van der Waals surface area (Å²) >= 11 is 0. The molecule has 0 saturated carbocycles. The number of para-hydroxylation sites is 1. The lowest BCUT2D eigenvalue weighted by Gasteiger charge is -2.03. The molecule has 142 valence electrons. The van der Waals surface area contributed by atoms with E-state index < -0.39 is 11.8 Å². The Bertz CT molecular complexity index is 1560. The summed E-state index contributed by atoms with van der Waals surface area (Å²) in [5, 5.41) is 13.0. The first-order chi connectivity index (χ1) is 14.0. The molecule has 29 heavy (non-hydrogen) atoms. The highest BCUT2D eigenvalue weighted by Gasteiger charge is 2.41. The molecule has 3 heterocycles. The molecule has 0 aliphatic carbocycles. The van der Waals surface area contributed by atoms with Crippen molar-refractivity contribution in [2.24, 2.45) is 7.05 Å². The van der Waals surface area contributed by atoms with Crippen molar-refractivity contribution < 1.29 is 24.0 Å². The third-order valence-corrected chi connectivity index (χ3v) is 5.78. The van der Waals surface area contributed by atoms with Crippen LogP contribution in [0.25, 0.3) is 43.7 Å². The van der Waals surface area contributed by atoms with Gasteiger partial charge >= 0.3 is 0 Å². The van der Waals surface area contributed by atoms with Gasteiger partial charge in [0.1, 0.15) is 11.3 Å². The highest BCUT2D eigenvalue weighted by atomic mass is 16.5. The summed E-state index contributed by atoms with van der Waals surface area (Å²) in [7, 11) is 3.46. The molecular weight excluding hydrogens is 372 g/mol. The van der Waals surface area contributed by atoms with Crippen LogP contribution in [0.3, 0.4) is 0 Å². The first-order valence-corrected chi connectivity index (χ1v) is 9.04. The summed E-state index contributed by atoms with van der Waals surface area (Å²) in [6, 6.07) is 12.9. The van der Waals surface area contributed by atoms with Crippen LogP contribution in [0.2, 0.25) is 0 Å². The number of amides is 2. The van der Waals surface area contributed by atoms with Crippen LogP contribution in [-0.4, -0.2) is 33.8 Å². The topological polar surface area (TPSA) is 84.9 Å². The molecule has 3 aromatic carbocycles. The van der Waals surface area contributed by atoms with Gasteiger partial charge in [-0.05, 0) is 18.2 Å². The lowest BCUT2D eigenvalue weighted by Crippen LogP contribution is -2.25. The van der Waals surface area contributed by atoms with E-state index in [4.69, 9.17) is 9.15 Å². The third-order valence-electron chi connectivity index (χ3n) is 5.78. The van der Waals surface area contributed by atoms with Gasteiger partial charge in [-0.15, -0.1) is 5.06 Å². The third kappa shape index (κ3) is 1.76. The van der Waals surface area contributed by atoms with E-state index in [-0.39, 0.29) is 16.2 Å². The Labute approximate surface area is 163 Å². The van der Waals surface area contributed by atoms with Gasteiger partial charge in [-0.1, -0.05) is 18.2 Å². The van der Waals surface area contributed by atoms with E-state index in [1.807, 2.05) is 35.9 Å². The van der Waals surface area contributed by atoms with E-state index in [0.717, 1.165) is 10.9 Å². The van der Waals surface area contributed by atoms with Gasteiger partial charge in [-0.25, -0.2) is 0 Å². The lowest BCUT2D eigenvalue weighted by atomic mass is 9.97. The quantitative estimate of drug-likeness (QED) is 0.344. The Hall–Kier alpha value is -3.84. The van der Waals surface area contributed by atoms with Crippen LogP contribution in [0.5, 0.6) is 5.75 Å². The summed E-state index contributed by atoms with van der Waals surface area (Å²) in [6.07, 6.45) is 0. The molecular formula is C22H14N2O5. The average Bonchev–Trinajstić information content (AvgIpc) is 3.33. The molecule has 0 saturated heterocycles. The van der Waals surface area contributed by atoms with E-state index in [2.05, 4.69) is 0 Å². The lowest BCUT2D eigenvalue weighted by molar-refractivity contribution is -0.0325. The Balaban J connectivity index is 1.98. The predicted octanol–water partition coefficient (Wildman–Crippen LogP) is 4.22. The summed E-state index contributed by atoms with van der Waals surface area (Å²) < 4.78 is 13.4. The second-order valence-corrected chi connectivity index (χ2v) is 7.14. The molecule has 6 rings (SSSR count). The Morgan fingerprint density at radius 1 is 0.966 bits per heavy atom. The number of nitrogens with zero attached hydrogens (tertiary/aromatic N) is 2. The van der Waals surface area contributed by atoms with E-state index in [1.165, 1.54) is 0 Å². The summed E-state index contributed by atoms with van der Waals surface area (Å²) in [4.78, 5) is 25.7. The highest BCUT2D eigenvalue weighted by Crippen LogP contribution is 2.45. The van der Waals surface area contributed by atoms with Crippen LogP contribution in [0.1, 0.15) is 20.7 Å². The average molecular weight is 386 g/mol. The number of hydroxylamine groups is 2. The number of benzene rings is 3. The molecule has 0 unspecified atom stereocenters. The number of aromatic nitrogens is 1. The van der Waals surface area contributed by atoms with Crippen molar-refractivity contribution in [2.75, 3.05) is 7.11 Å². The number of imide groups is 1. The van der Waals surface area contributed by atoms with Gasteiger partial charge in [0.15, 0.2) is 5.58 Å². The van der Waals surface area contributed by atoms with Crippen LogP contribution >= 0.6 is 0 Å². The smallest absolute Gasteiger partial charge is 0.286 e. The van der Waals surface area contributed by atoms with E-state index in [0.29, 0.717) is 38.6 Å². The van der Waals surface area contributed by atoms with Crippen LogP contribution in [-0.2, 0) is 7.05 Å². The second-order valence-electron chi connectivity index (χ2n) is 7.14. The summed E-state index contributed by atoms with van der Waals surface area (Å²) in [5.41, 5.74) is 3.00. The first-order valence-electron chi connectivity index (χ1n) is 9.04. The number of aryl methyl sites for hydroxylation is 1. The van der Waals surface area contributed by atoms with Crippen LogP contribution in [0.15, 0.2) is 46.9 Å². The van der Waals surface area contributed by atoms with Crippen molar-refractivity contribution in [3.63, 3.8) is 0 Å². The molecule has 1 aliphatic heterocycles. The molecule has 7 heteroatoms. The molecule has 0 spiro atoms. The fourth-order valence-corrected chi connectivity index (χ4v) is 4.51. The van der Waals surface area contributed by atoms with Crippen molar-refractivity contribution in [2.45, 2.75) is 0 Å². The minimum Gasteiger partial charge on any atom is -0.497 e. The van der Waals surface area contributed by atoms with Crippen LogP contribution in [0, 0.1) is 0 Å². The molecule has 7 nitrogen and oxygen atoms in total. The van der Waals surface area contributed by atoms with Gasteiger partial charge in [0.25, 0.3) is 11.8 Å². The van der Waals surface area contributed by atoms with Gasteiger partial charge in [0.05, 0.1) is 23.8 Å². The van der Waals surface area contributed by atoms with Gasteiger partial charge in [0.2, 0.25) is 0 Å². The van der Waals surface area contributed by atoms with Crippen LogP contribution in [0.4, 0.5) is 0 Å². The number of methoxy groups -OCH3 is 1. The monoisotopic (exact) mass is 386 g/mol. The molecule has 1 N–H and O–H groups in total. The largest absolute Gasteiger partial charge is 0.497 e. The van der Waals surface area contributed by atoms with Crippen molar-refractivity contribution in [1.29, 1.82) is 0 Å². The number of ether oxygens (including phenoxy) is 1. The van der Waals surface area contributed by atoms with Crippen molar-refractivity contribution in [1.82, 2.24) is 9.63 Å². The fraction of sp³-hybridized carbons (Fsp3) is 0.0909. The zero-order valence-corrected chi connectivity index (χ0v) is 15.5. The first kappa shape index (κ1) is 16.1. The molecule has 0 fully saturated rings. The molecule has 0 atom stereocenters. The Kier molecular flexibility index (Phi) is 2.87. The van der Waals surface area contributed by atoms with E-state index >= 15 is 0 Å². The number of fused-ring (bicyclic) bond motifs is 10. The molecule has 0 radical (unpaired) electrons. The number of carbonyl (C=O) groups is 2. The number of carbonyl (C=O) groups excluding carboxylic acids is 2.